The number of amides is 1. The molecule has 0 saturated carbocycles. The number of nitrogens with zero attached hydrogens (tertiary/aromatic N) is 4. The first-order chi connectivity index (χ1) is 8.61. The highest BCUT2D eigenvalue weighted by atomic mass is 16.3. The Bertz CT molecular complexity index is 566. The maximum Gasteiger partial charge on any atom is 0.291 e. The first-order valence-corrected chi connectivity index (χ1v) is 5.72. The smallest absolute Gasteiger partial charge is 0.291 e. The molecule has 1 amide bonds. The van der Waals surface area contributed by atoms with Gasteiger partial charge in [-0.3, -0.25) is 4.79 Å². The van der Waals surface area contributed by atoms with Crippen molar-refractivity contribution in [1.82, 2.24) is 24.9 Å². The number of aryl methyl sites for hydroxylation is 1. The lowest BCUT2D eigenvalue weighted by Crippen LogP contribution is -2.33. The van der Waals surface area contributed by atoms with Crippen LogP contribution in [0, 0.1) is 6.92 Å². The van der Waals surface area contributed by atoms with Gasteiger partial charge in [-0.1, -0.05) is 0 Å². The van der Waals surface area contributed by atoms with Crippen molar-refractivity contribution in [3.05, 3.63) is 23.8 Å². The predicted molar refractivity (Wildman–Crippen MR) is 64.2 cm³/mol. The average Bonchev–Trinajstić information content (AvgIpc) is 2.74. The van der Waals surface area contributed by atoms with E-state index in [2.05, 4.69) is 20.4 Å². The minimum atomic E-state index is -0.360. The van der Waals surface area contributed by atoms with E-state index < -0.39 is 0 Å². The molecule has 2 aromatic rings. The van der Waals surface area contributed by atoms with E-state index in [4.69, 9.17) is 5.11 Å². The van der Waals surface area contributed by atoms with Crippen molar-refractivity contribution < 1.29 is 9.90 Å². The molecule has 0 aliphatic carbocycles. The summed E-state index contributed by atoms with van der Waals surface area (Å²) in [6.45, 7) is 3.70. The Labute approximate surface area is 104 Å². The van der Waals surface area contributed by atoms with Gasteiger partial charge in [0, 0.05) is 24.5 Å². The summed E-state index contributed by atoms with van der Waals surface area (Å²) in [4.78, 5) is 19.9. The van der Waals surface area contributed by atoms with Crippen molar-refractivity contribution in [1.29, 1.82) is 0 Å². The van der Waals surface area contributed by atoms with E-state index in [0.29, 0.717) is 12.2 Å². The summed E-state index contributed by atoms with van der Waals surface area (Å²) in [5.41, 5.74) is 0.856. The van der Waals surface area contributed by atoms with Gasteiger partial charge in [-0.25, -0.2) is 9.50 Å². The zero-order valence-corrected chi connectivity index (χ0v) is 10.3. The van der Waals surface area contributed by atoms with Crippen molar-refractivity contribution in [2.75, 3.05) is 6.61 Å². The quantitative estimate of drug-likeness (QED) is 0.791. The van der Waals surface area contributed by atoms with E-state index in [9.17, 15) is 4.79 Å². The van der Waals surface area contributed by atoms with Gasteiger partial charge in [0.1, 0.15) is 0 Å². The van der Waals surface area contributed by atoms with Gasteiger partial charge in [-0.05, 0) is 26.3 Å². The molecule has 1 unspecified atom stereocenters. The predicted octanol–water partition coefficient (Wildman–Crippen LogP) is -0.0666. The van der Waals surface area contributed by atoms with Crippen LogP contribution in [-0.4, -0.2) is 43.2 Å². The minimum Gasteiger partial charge on any atom is -0.396 e. The lowest BCUT2D eigenvalue weighted by Gasteiger charge is -2.09. The Hall–Kier alpha value is -2.02. The highest BCUT2D eigenvalue weighted by Crippen LogP contribution is 2.02. The van der Waals surface area contributed by atoms with E-state index in [-0.39, 0.29) is 24.4 Å². The second kappa shape index (κ2) is 5.09. The highest BCUT2D eigenvalue weighted by molar-refractivity contribution is 5.90. The summed E-state index contributed by atoms with van der Waals surface area (Å²) in [5, 5.41) is 15.6. The van der Waals surface area contributed by atoms with E-state index in [1.54, 1.807) is 12.3 Å². The Kier molecular flexibility index (Phi) is 3.52. The zero-order valence-electron chi connectivity index (χ0n) is 10.3. The number of nitrogens with one attached hydrogen (secondary N) is 1. The molecule has 1 atom stereocenters. The highest BCUT2D eigenvalue weighted by Gasteiger charge is 2.15. The summed E-state index contributed by atoms with van der Waals surface area (Å²) in [6.07, 6.45) is 2.12. The number of aliphatic hydroxyl groups excluding tert-OH is 1. The van der Waals surface area contributed by atoms with Gasteiger partial charge >= 0.3 is 0 Å². The van der Waals surface area contributed by atoms with Crippen molar-refractivity contribution in [3.8, 4) is 0 Å². The largest absolute Gasteiger partial charge is 0.396 e. The molecule has 0 fully saturated rings. The second-order valence-electron chi connectivity index (χ2n) is 4.12. The van der Waals surface area contributed by atoms with E-state index >= 15 is 0 Å². The van der Waals surface area contributed by atoms with E-state index in [1.807, 2.05) is 13.8 Å². The standard InChI is InChI=1S/C11H15N5O2/c1-7(4-6-17)13-10(18)9-14-11-12-5-3-8(2)16(11)15-9/h3,5,7,17H,4,6H2,1-2H3,(H,13,18). The van der Waals surface area contributed by atoms with E-state index in [1.165, 1.54) is 4.52 Å². The summed E-state index contributed by atoms with van der Waals surface area (Å²) in [7, 11) is 0. The number of aliphatic hydroxyl groups is 1. The van der Waals surface area contributed by atoms with Gasteiger partial charge in [-0.2, -0.15) is 4.98 Å². The molecule has 0 bridgehead atoms. The molecule has 96 valence electrons. The van der Waals surface area contributed by atoms with Crippen molar-refractivity contribution in [3.63, 3.8) is 0 Å². The Morgan fingerprint density at radius 2 is 2.39 bits per heavy atom. The first-order valence-electron chi connectivity index (χ1n) is 5.72. The third-order valence-electron chi connectivity index (χ3n) is 2.57. The first kappa shape index (κ1) is 12.4. The zero-order chi connectivity index (χ0) is 13.1. The summed E-state index contributed by atoms with van der Waals surface area (Å²) >= 11 is 0. The third kappa shape index (κ3) is 2.45. The molecule has 2 heterocycles. The van der Waals surface area contributed by atoms with Crippen LogP contribution in [0.2, 0.25) is 0 Å². The van der Waals surface area contributed by atoms with Gasteiger partial charge in [0.15, 0.2) is 0 Å². The summed E-state index contributed by atoms with van der Waals surface area (Å²) < 4.78 is 1.52. The van der Waals surface area contributed by atoms with Gasteiger partial charge in [0.25, 0.3) is 11.7 Å². The molecule has 0 spiro atoms. The van der Waals surface area contributed by atoms with Gasteiger partial charge in [0.05, 0.1) is 0 Å². The number of fused-ring (bicyclic) bond motifs is 1. The SMILES string of the molecule is Cc1ccnc2nc(C(=O)NC(C)CCO)nn12. The molecular formula is C11H15N5O2. The molecular weight excluding hydrogens is 234 g/mol. The van der Waals surface area contributed by atoms with Crippen LogP contribution >= 0.6 is 0 Å². The Morgan fingerprint density at radius 3 is 3.06 bits per heavy atom. The maximum atomic E-state index is 11.9. The van der Waals surface area contributed by atoms with E-state index in [0.717, 1.165) is 5.69 Å². The molecule has 7 heteroatoms. The normalized spacial score (nSPS) is 12.6. The van der Waals surface area contributed by atoms with Crippen molar-refractivity contribution >= 4 is 11.7 Å². The number of carbonyl (C=O) groups is 1. The molecule has 0 aromatic carbocycles. The second-order valence-corrected chi connectivity index (χ2v) is 4.12. The van der Waals surface area contributed by atoms with Gasteiger partial charge in [0.2, 0.25) is 5.82 Å². The summed E-state index contributed by atoms with van der Waals surface area (Å²) in [5.74, 6) is 0.123. The molecule has 0 aliphatic rings. The van der Waals surface area contributed by atoms with Crippen molar-refractivity contribution in [2.24, 2.45) is 0 Å². The lowest BCUT2D eigenvalue weighted by atomic mass is 10.2. The molecule has 2 aromatic heterocycles. The van der Waals surface area contributed by atoms with Crippen LogP contribution in [-0.2, 0) is 0 Å². The molecule has 0 radical (unpaired) electrons. The minimum absolute atomic E-state index is 0.0285. The molecule has 2 N–H and O–H groups in total. The number of rotatable bonds is 4. The summed E-state index contributed by atoms with van der Waals surface area (Å²) in [6, 6.07) is 1.67. The van der Waals surface area contributed by atoms with Gasteiger partial charge < -0.3 is 10.4 Å². The monoisotopic (exact) mass is 249 g/mol. The topological polar surface area (TPSA) is 92.4 Å². The van der Waals surface area contributed by atoms with Crippen LogP contribution in [0.1, 0.15) is 29.7 Å². The molecule has 7 nitrogen and oxygen atoms in total. The fraction of sp³-hybridized carbons (Fsp3) is 0.455. The van der Waals surface area contributed by atoms with Crippen LogP contribution in [0.3, 0.4) is 0 Å². The average molecular weight is 249 g/mol. The lowest BCUT2D eigenvalue weighted by molar-refractivity contribution is 0.0924. The molecule has 18 heavy (non-hydrogen) atoms. The Morgan fingerprint density at radius 1 is 1.61 bits per heavy atom. The van der Waals surface area contributed by atoms with Crippen LogP contribution in [0.25, 0.3) is 5.78 Å². The van der Waals surface area contributed by atoms with Gasteiger partial charge in [-0.15, -0.1) is 5.10 Å². The third-order valence-corrected chi connectivity index (χ3v) is 2.57. The molecule has 2 rings (SSSR count). The maximum absolute atomic E-state index is 11.9. The van der Waals surface area contributed by atoms with Crippen LogP contribution in [0.5, 0.6) is 0 Å². The number of carbonyl (C=O) groups excluding carboxylic acids is 1. The number of hydrogen-bond donors (Lipinski definition) is 2. The fourth-order valence-electron chi connectivity index (χ4n) is 1.56. The number of aromatic nitrogens is 4. The van der Waals surface area contributed by atoms with Crippen molar-refractivity contribution in [2.45, 2.75) is 26.3 Å². The van der Waals surface area contributed by atoms with Crippen LogP contribution < -0.4 is 5.32 Å². The Balaban J connectivity index is 2.21. The number of hydrogen-bond acceptors (Lipinski definition) is 5. The fourth-order valence-corrected chi connectivity index (χ4v) is 1.56. The molecule has 0 saturated heterocycles. The van der Waals surface area contributed by atoms with Crippen LogP contribution in [0.15, 0.2) is 12.3 Å². The molecule has 0 aliphatic heterocycles. The van der Waals surface area contributed by atoms with Crippen LogP contribution in [0.4, 0.5) is 0 Å².